The van der Waals surface area contributed by atoms with Gasteiger partial charge in [0.1, 0.15) is 5.82 Å². The van der Waals surface area contributed by atoms with E-state index >= 15 is 0 Å². The zero-order valence-corrected chi connectivity index (χ0v) is 12.2. The van der Waals surface area contributed by atoms with Gasteiger partial charge in [-0.05, 0) is 42.8 Å². The monoisotopic (exact) mass is 313 g/mol. The molecule has 21 heavy (non-hydrogen) atoms. The zero-order chi connectivity index (χ0) is 15.4. The molecule has 1 atom stereocenters. The van der Waals surface area contributed by atoms with E-state index in [0.29, 0.717) is 17.1 Å². The summed E-state index contributed by atoms with van der Waals surface area (Å²) >= 11 is 5.89. The van der Waals surface area contributed by atoms with Gasteiger partial charge in [-0.25, -0.2) is 13.2 Å². The van der Waals surface area contributed by atoms with Gasteiger partial charge >= 0.3 is 0 Å². The van der Waals surface area contributed by atoms with Crippen LogP contribution in [0.4, 0.5) is 13.2 Å². The summed E-state index contributed by atoms with van der Waals surface area (Å²) in [6.07, 6.45) is 0.134. The molecule has 112 valence electrons. The van der Waals surface area contributed by atoms with E-state index in [-0.39, 0.29) is 12.0 Å². The lowest BCUT2D eigenvalue weighted by atomic mass is 9.98. The van der Waals surface area contributed by atoms with Gasteiger partial charge in [0.15, 0.2) is 11.6 Å². The lowest BCUT2D eigenvalue weighted by molar-refractivity contribution is 0.472. The number of benzene rings is 2. The average Bonchev–Trinajstić information content (AvgIpc) is 2.46. The molecule has 2 aromatic rings. The summed E-state index contributed by atoms with van der Waals surface area (Å²) in [4.78, 5) is 0. The van der Waals surface area contributed by atoms with Crippen LogP contribution in [0, 0.1) is 17.5 Å². The molecule has 0 fully saturated rings. The Morgan fingerprint density at radius 1 is 1.10 bits per heavy atom. The average molecular weight is 314 g/mol. The second kappa shape index (κ2) is 6.96. The predicted molar refractivity (Wildman–Crippen MR) is 77.9 cm³/mol. The molecular weight excluding hydrogens is 299 g/mol. The van der Waals surface area contributed by atoms with Gasteiger partial charge in [0.25, 0.3) is 0 Å². The molecule has 0 aliphatic carbocycles. The number of hydrogen-bond acceptors (Lipinski definition) is 1. The van der Waals surface area contributed by atoms with Crippen LogP contribution in [0.25, 0.3) is 0 Å². The van der Waals surface area contributed by atoms with Gasteiger partial charge in [-0.2, -0.15) is 0 Å². The second-order valence-electron chi connectivity index (χ2n) is 4.69. The molecule has 1 N–H and O–H groups in total. The number of nitrogens with one attached hydrogen (secondary N) is 1. The Balaban J connectivity index is 2.35. The van der Waals surface area contributed by atoms with E-state index in [2.05, 4.69) is 5.32 Å². The van der Waals surface area contributed by atoms with E-state index in [9.17, 15) is 13.2 Å². The minimum atomic E-state index is -0.908. The van der Waals surface area contributed by atoms with Gasteiger partial charge in [0.2, 0.25) is 0 Å². The van der Waals surface area contributed by atoms with Crippen LogP contribution in [-0.2, 0) is 6.42 Å². The van der Waals surface area contributed by atoms with Crippen LogP contribution in [0.3, 0.4) is 0 Å². The molecule has 0 spiro atoms. The van der Waals surface area contributed by atoms with Crippen LogP contribution in [0.5, 0.6) is 0 Å². The number of halogens is 4. The molecule has 0 saturated carbocycles. The molecule has 0 aromatic heterocycles. The Morgan fingerprint density at radius 2 is 1.86 bits per heavy atom. The molecular formula is C16H15ClF3N. The van der Waals surface area contributed by atoms with Crippen LogP contribution in [0.2, 0.25) is 5.02 Å². The van der Waals surface area contributed by atoms with Gasteiger partial charge in [-0.15, -0.1) is 0 Å². The van der Waals surface area contributed by atoms with Crippen molar-refractivity contribution in [3.8, 4) is 0 Å². The molecule has 5 heteroatoms. The lowest BCUT2D eigenvalue weighted by Gasteiger charge is -2.20. The Bertz CT molecular complexity index is 631. The third-order valence-electron chi connectivity index (χ3n) is 3.24. The van der Waals surface area contributed by atoms with E-state index in [1.54, 1.807) is 0 Å². The van der Waals surface area contributed by atoms with Crippen LogP contribution in [0.15, 0.2) is 36.4 Å². The molecule has 2 aromatic carbocycles. The molecule has 0 heterocycles. The molecule has 1 unspecified atom stereocenters. The Morgan fingerprint density at radius 3 is 2.57 bits per heavy atom. The molecule has 0 aliphatic rings. The maximum absolute atomic E-state index is 14.0. The van der Waals surface area contributed by atoms with E-state index < -0.39 is 23.5 Å². The van der Waals surface area contributed by atoms with Crippen LogP contribution >= 0.6 is 11.6 Å². The highest BCUT2D eigenvalue weighted by Gasteiger charge is 2.19. The van der Waals surface area contributed by atoms with E-state index in [1.807, 2.05) is 6.92 Å². The fourth-order valence-corrected chi connectivity index (χ4v) is 2.43. The van der Waals surface area contributed by atoms with Crippen molar-refractivity contribution in [2.45, 2.75) is 19.4 Å². The van der Waals surface area contributed by atoms with Crippen LogP contribution in [0.1, 0.15) is 24.1 Å². The van der Waals surface area contributed by atoms with Crippen molar-refractivity contribution in [2.24, 2.45) is 0 Å². The Kier molecular flexibility index (Phi) is 5.26. The van der Waals surface area contributed by atoms with Gasteiger partial charge < -0.3 is 5.32 Å². The largest absolute Gasteiger partial charge is 0.310 e. The highest BCUT2D eigenvalue weighted by atomic mass is 35.5. The maximum Gasteiger partial charge on any atom is 0.162 e. The number of hydrogen-bond donors (Lipinski definition) is 1. The van der Waals surface area contributed by atoms with Crippen molar-refractivity contribution in [3.05, 3.63) is 70.0 Å². The van der Waals surface area contributed by atoms with Gasteiger partial charge in [-0.1, -0.05) is 30.7 Å². The minimum absolute atomic E-state index is 0.134. The normalized spacial score (nSPS) is 12.4. The van der Waals surface area contributed by atoms with Crippen molar-refractivity contribution in [2.75, 3.05) is 6.54 Å². The van der Waals surface area contributed by atoms with Crippen molar-refractivity contribution < 1.29 is 13.2 Å². The first-order valence-electron chi connectivity index (χ1n) is 6.64. The minimum Gasteiger partial charge on any atom is -0.310 e. The summed E-state index contributed by atoms with van der Waals surface area (Å²) in [5.41, 5.74) is 0.535. The zero-order valence-electron chi connectivity index (χ0n) is 11.5. The Labute approximate surface area is 126 Å². The summed E-state index contributed by atoms with van der Waals surface area (Å²) in [5.74, 6) is -2.24. The molecule has 0 amide bonds. The van der Waals surface area contributed by atoms with E-state index in [1.165, 1.54) is 30.3 Å². The van der Waals surface area contributed by atoms with E-state index in [4.69, 9.17) is 11.6 Å². The van der Waals surface area contributed by atoms with Gasteiger partial charge in [-0.3, -0.25) is 0 Å². The highest BCUT2D eigenvalue weighted by Crippen LogP contribution is 2.26. The number of rotatable bonds is 5. The molecule has 0 radical (unpaired) electrons. The predicted octanol–water partition coefficient (Wildman–Crippen LogP) is 4.65. The van der Waals surface area contributed by atoms with Gasteiger partial charge in [0.05, 0.1) is 0 Å². The smallest absolute Gasteiger partial charge is 0.162 e. The number of likely N-dealkylation sites (N-methyl/N-ethyl adjacent to an activating group) is 1. The summed E-state index contributed by atoms with van der Waals surface area (Å²) in [6.45, 7) is 2.42. The maximum atomic E-state index is 14.0. The van der Waals surface area contributed by atoms with Gasteiger partial charge in [0, 0.05) is 16.6 Å². The molecule has 1 nitrogen and oxygen atoms in total. The first kappa shape index (κ1) is 15.9. The van der Waals surface area contributed by atoms with Crippen LogP contribution < -0.4 is 5.32 Å². The van der Waals surface area contributed by atoms with E-state index in [0.717, 1.165) is 6.07 Å². The fraction of sp³-hybridized carbons (Fsp3) is 0.250. The third-order valence-corrected chi connectivity index (χ3v) is 3.47. The SMILES string of the molecule is CCNC(Cc1cccc(F)c1F)c1cc(Cl)ccc1F. The fourth-order valence-electron chi connectivity index (χ4n) is 2.25. The summed E-state index contributed by atoms with van der Waals surface area (Å²) in [6, 6.07) is 7.72. The summed E-state index contributed by atoms with van der Waals surface area (Å²) in [5, 5.41) is 3.47. The van der Waals surface area contributed by atoms with Crippen molar-refractivity contribution in [1.82, 2.24) is 5.32 Å². The molecule has 2 rings (SSSR count). The topological polar surface area (TPSA) is 12.0 Å². The first-order chi connectivity index (χ1) is 10.0. The molecule has 0 saturated heterocycles. The van der Waals surface area contributed by atoms with Crippen molar-refractivity contribution in [1.29, 1.82) is 0 Å². The first-order valence-corrected chi connectivity index (χ1v) is 7.02. The third kappa shape index (κ3) is 3.77. The quantitative estimate of drug-likeness (QED) is 0.847. The van der Waals surface area contributed by atoms with Crippen molar-refractivity contribution >= 4 is 11.6 Å². The lowest BCUT2D eigenvalue weighted by Crippen LogP contribution is -2.24. The summed E-state index contributed by atoms with van der Waals surface area (Å²) in [7, 11) is 0. The second-order valence-corrected chi connectivity index (χ2v) is 5.13. The highest BCUT2D eigenvalue weighted by molar-refractivity contribution is 6.30. The summed E-state index contributed by atoms with van der Waals surface area (Å²) < 4.78 is 41.0. The standard InChI is InChI=1S/C16H15ClF3N/c1-2-21-15(12-9-11(17)6-7-13(12)18)8-10-4-3-5-14(19)16(10)20/h3-7,9,15,21H,2,8H2,1H3. The Hall–Kier alpha value is -1.52. The molecule has 0 bridgehead atoms. The molecule has 0 aliphatic heterocycles. The van der Waals surface area contributed by atoms with Crippen molar-refractivity contribution in [3.63, 3.8) is 0 Å². The van der Waals surface area contributed by atoms with Crippen LogP contribution in [-0.4, -0.2) is 6.54 Å².